The van der Waals surface area contributed by atoms with Crippen molar-refractivity contribution in [3.05, 3.63) is 66.3 Å². The molecule has 0 fully saturated rings. The molecule has 6 nitrogen and oxygen atoms in total. The Hall–Kier alpha value is -3.02. The molecule has 0 N–H and O–H groups in total. The van der Waals surface area contributed by atoms with Gasteiger partial charge in [-0.05, 0) is 17.6 Å². The van der Waals surface area contributed by atoms with Crippen LogP contribution in [0.25, 0.3) is 5.57 Å². The molecule has 0 aliphatic carbocycles. The van der Waals surface area contributed by atoms with E-state index in [0.29, 0.717) is 13.1 Å². The summed E-state index contributed by atoms with van der Waals surface area (Å²) >= 11 is 0. The summed E-state index contributed by atoms with van der Waals surface area (Å²) in [6, 6.07) is 10.1. The van der Waals surface area contributed by atoms with Crippen LogP contribution in [0.5, 0.6) is 0 Å². The molecule has 3 rings (SSSR count). The molecule has 1 aromatic heterocycles. The lowest BCUT2D eigenvalue weighted by molar-refractivity contribution is -0.134. The molecule has 0 atom stereocenters. The van der Waals surface area contributed by atoms with Crippen molar-refractivity contribution in [1.82, 2.24) is 14.9 Å². The molecule has 2 aromatic rings. The van der Waals surface area contributed by atoms with E-state index in [1.807, 2.05) is 24.3 Å². The van der Waals surface area contributed by atoms with Crippen LogP contribution in [0.2, 0.25) is 0 Å². The van der Waals surface area contributed by atoms with Crippen LogP contribution in [0.15, 0.2) is 55.0 Å². The fourth-order valence-corrected chi connectivity index (χ4v) is 2.51. The molecule has 1 aliphatic rings. The molecule has 0 spiro atoms. The van der Waals surface area contributed by atoms with Gasteiger partial charge in [-0.25, -0.2) is 9.78 Å². The number of nitrogens with zero attached hydrogens (tertiary/aromatic N) is 3. The maximum absolute atomic E-state index is 12.2. The second-order valence-corrected chi connectivity index (χ2v) is 5.35. The third kappa shape index (κ3) is 3.84. The SMILES string of the molecule is O=C(OCC(=O)N1CC=C(c2ccccc2)CC1)c1cnccn1. The minimum atomic E-state index is -0.644. The number of carbonyl (C=O) groups is 2. The normalized spacial score (nSPS) is 14.0. The zero-order chi connectivity index (χ0) is 16.8. The van der Waals surface area contributed by atoms with E-state index in [0.717, 1.165) is 6.42 Å². The number of benzene rings is 1. The van der Waals surface area contributed by atoms with Crippen LogP contribution in [0.3, 0.4) is 0 Å². The molecule has 0 saturated carbocycles. The number of ether oxygens (including phenoxy) is 1. The molecular formula is C18H17N3O3. The van der Waals surface area contributed by atoms with Crippen molar-refractivity contribution in [2.45, 2.75) is 6.42 Å². The van der Waals surface area contributed by atoms with Crippen molar-refractivity contribution in [2.75, 3.05) is 19.7 Å². The van der Waals surface area contributed by atoms with Gasteiger partial charge in [0.1, 0.15) is 0 Å². The molecule has 2 heterocycles. The van der Waals surface area contributed by atoms with E-state index in [1.165, 1.54) is 29.7 Å². The van der Waals surface area contributed by atoms with Gasteiger partial charge >= 0.3 is 5.97 Å². The second-order valence-electron chi connectivity index (χ2n) is 5.35. The van der Waals surface area contributed by atoms with E-state index in [1.54, 1.807) is 4.90 Å². The lowest BCUT2D eigenvalue weighted by Crippen LogP contribution is -2.37. The predicted molar refractivity (Wildman–Crippen MR) is 87.9 cm³/mol. The first-order chi connectivity index (χ1) is 11.7. The Balaban J connectivity index is 1.52. The van der Waals surface area contributed by atoms with Gasteiger partial charge in [0.25, 0.3) is 5.91 Å². The van der Waals surface area contributed by atoms with Gasteiger partial charge in [0.2, 0.25) is 0 Å². The van der Waals surface area contributed by atoms with Gasteiger partial charge in [0, 0.05) is 25.5 Å². The van der Waals surface area contributed by atoms with Crippen molar-refractivity contribution in [2.24, 2.45) is 0 Å². The van der Waals surface area contributed by atoms with Crippen LogP contribution in [-0.2, 0) is 9.53 Å². The van der Waals surface area contributed by atoms with Gasteiger partial charge in [-0.2, -0.15) is 0 Å². The highest BCUT2D eigenvalue weighted by atomic mass is 16.5. The standard InChI is InChI=1S/C18H17N3O3/c22-17(13-24-18(23)16-12-19-8-9-20-16)21-10-6-15(7-11-21)14-4-2-1-3-5-14/h1-6,8-9,12H,7,10-11,13H2. The zero-order valence-electron chi connectivity index (χ0n) is 13.1. The number of aromatic nitrogens is 2. The largest absolute Gasteiger partial charge is 0.451 e. The summed E-state index contributed by atoms with van der Waals surface area (Å²) in [4.78, 5) is 33.2. The van der Waals surface area contributed by atoms with Crippen LogP contribution in [0.1, 0.15) is 22.5 Å². The molecule has 24 heavy (non-hydrogen) atoms. The number of carbonyl (C=O) groups excluding carboxylic acids is 2. The molecule has 1 amide bonds. The lowest BCUT2D eigenvalue weighted by Gasteiger charge is -2.26. The Labute approximate surface area is 139 Å². The van der Waals surface area contributed by atoms with Gasteiger partial charge < -0.3 is 9.64 Å². The Bertz CT molecular complexity index is 745. The predicted octanol–water partition coefficient (Wildman–Crippen LogP) is 1.95. The molecule has 122 valence electrons. The molecule has 0 unspecified atom stereocenters. The molecule has 6 heteroatoms. The van der Waals surface area contributed by atoms with E-state index < -0.39 is 5.97 Å². The van der Waals surface area contributed by atoms with E-state index in [2.05, 4.69) is 22.1 Å². The Morgan fingerprint density at radius 1 is 1.17 bits per heavy atom. The van der Waals surface area contributed by atoms with Crippen LogP contribution in [0.4, 0.5) is 0 Å². The van der Waals surface area contributed by atoms with Crippen molar-refractivity contribution in [1.29, 1.82) is 0 Å². The Morgan fingerprint density at radius 3 is 2.67 bits per heavy atom. The Morgan fingerprint density at radius 2 is 2.00 bits per heavy atom. The quantitative estimate of drug-likeness (QED) is 0.804. The van der Waals surface area contributed by atoms with Crippen molar-refractivity contribution in [3.63, 3.8) is 0 Å². The van der Waals surface area contributed by atoms with Crippen LogP contribution >= 0.6 is 0 Å². The third-order valence-electron chi connectivity index (χ3n) is 3.81. The summed E-state index contributed by atoms with van der Waals surface area (Å²) in [6.45, 7) is 0.845. The molecule has 1 aromatic carbocycles. The summed E-state index contributed by atoms with van der Waals surface area (Å²) in [5.41, 5.74) is 2.50. The van der Waals surface area contributed by atoms with Gasteiger partial charge in [-0.3, -0.25) is 9.78 Å². The second kappa shape index (κ2) is 7.50. The van der Waals surface area contributed by atoms with E-state index in [4.69, 9.17) is 4.74 Å². The van der Waals surface area contributed by atoms with Crippen molar-refractivity contribution in [3.8, 4) is 0 Å². The first kappa shape index (κ1) is 15.9. The highest BCUT2D eigenvalue weighted by Gasteiger charge is 2.19. The number of rotatable bonds is 4. The summed E-state index contributed by atoms with van der Waals surface area (Å²) in [5, 5.41) is 0. The van der Waals surface area contributed by atoms with Gasteiger partial charge in [0.05, 0.1) is 6.20 Å². The van der Waals surface area contributed by atoms with Gasteiger partial charge in [-0.1, -0.05) is 36.4 Å². The third-order valence-corrected chi connectivity index (χ3v) is 3.81. The summed E-state index contributed by atoms with van der Waals surface area (Å²) in [6.07, 6.45) is 7.00. The van der Waals surface area contributed by atoms with Gasteiger partial charge in [-0.15, -0.1) is 0 Å². The van der Waals surface area contributed by atoms with Crippen LogP contribution < -0.4 is 0 Å². The van der Waals surface area contributed by atoms with Crippen LogP contribution in [0, 0.1) is 0 Å². The molecule has 0 saturated heterocycles. The average molecular weight is 323 g/mol. The molecule has 0 bridgehead atoms. The lowest BCUT2D eigenvalue weighted by atomic mass is 10.00. The minimum Gasteiger partial charge on any atom is -0.451 e. The fourth-order valence-electron chi connectivity index (χ4n) is 2.51. The maximum atomic E-state index is 12.2. The number of hydrogen-bond donors (Lipinski definition) is 0. The number of amides is 1. The van der Waals surface area contributed by atoms with Crippen molar-refractivity contribution < 1.29 is 14.3 Å². The minimum absolute atomic E-state index is 0.0928. The first-order valence-corrected chi connectivity index (χ1v) is 7.69. The highest BCUT2D eigenvalue weighted by Crippen LogP contribution is 2.21. The zero-order valence-corrected chi connectivity index (χ0v) is 13.1. The Kier molecular flexibility index (Phi) is 4.96. The summed E-state index contributed by atoms with van der Waals surface area (Å²) < 4.78 is 5.00. The summed E-state index contributed by atoms with van der Waals surface area (Å²) in [7, 11) is 0. The molecule has 1 aliphatic heterocycles. The summed E-state index contributed by atoms with van der Waals surface area (Å²) in [5.74, 6) is -0.857. The maximum Gasteiger partial charge on any atom is 0.359 e. The van der Waals surface area contributed by atoms with E-state index >= 15 is 0 Å². The van der Waals surface area contributed by atoms with Crippen molar-refractivity contribution >= 4 is 17.4 Å². The van der Waals surface area contributed by atoms with E-state index in [9.17, 15) is 9.59 Å². The average Bonchev–Trinajstić information content (AvgIpc) is 2.67. The molecular weight excluding hydrogens is 306 g/mol. The fraction of sp³-hybridized carbons (Fsp3) is 0.222. The van der Waals surface area contributed by atoms with Gasteiger partial charge in [0.15, 0.2) is 12.3 Å². The first-order valence-electron chi connectivity index (χ1n) is 7.69. The number of esters is 1. The monoisotopic (exact) mass is 323 g/mol. The smallest absolute Gasteiger partial charge is 0.359 e. The molecule has 0 radical (unpaired) electrons. The van der Waals surface area contributed by atoms with E-state index in [-0.39, 0.29) is 18.2 Å². The highest BCUT2D eigenvalue weighted by molar-refractivity contribution is 5.89. The topological polar surface area (TPSA) is 72.4 Å². The number of hydrogen-bond acceptors (Lipinski definition) is 5. The van der Waals surface area contributed by atoms with Crippen LogP contribution in [-0.4, -0.2) is 46.4 Å².